The molecule has 0 saturated heterocycles. The van der Waals surface area contributed by atoms with Gasteiger partial charge in [0.05, 0.1) is 11.6 Å². The summed E-state index contributed by atoms with van der Waals surface area (Å²) < 4.78 is 33.0. The van der Waals surface area contributed by atoms with Gasteiger partial charge in [0, 0.05) is 12.1 Å². The van der Waals surface area contributed by atoms with Gasteiger partial charge in [0.15, 0.2) is 0 Å². The third kappa shape index (κ3) is 2.84. The lowest BCUT2D eigenvalue weighted by molar-refractivity contribution is 0.201. The van der Waals surface area contributed by atoms with E-state index in [0.29, 0.717) is 0 Å². The summed E-state index contributed by atoms with van der Waals surface area (Å²) in [5.41, 5.74) is 0.850. The van der Waals surface area contributed by atoms with Gasteiger partial charge >= 0.3 is 0 Å². The zero-order chi connectivity index (χ0) is 15.7. The Morgan fingerprint density at radius 3 is 2.59 bits per heavy atom. The highest BCUT2D eigenvalue weighted by Gasteiger charge is 2.31. The van der Waals surface area contributed by atoms with E-state index < -0.39 is 10.0 Å². The van der Waals surface area contributed by atoms with Gasteiger partial charge in [-0.3, -0.25) is 0 Å². The van der Waals surface area contributed by atoms with Crippen molar-refractivity contribution in [1.29, 1.82) is 0 Å². The van der Waals surface area contributed by atoms with Crippen LogP contribution >= 0.6 is 11.6 Å². The van der Waals surface area contributed by atoms with Crippen LogP contribution in [0.25, 0.3) is 0 Å². The number of nitrogens with zero attached hydrogens (tertiary/aromatic N) is 1. The molecule has 0 aliphatic carbocycles. The molecule has 2 aromatic rings. The molecule has 3 rings (SSSR count). The van der Waals surface area contributed by atoms with Gasteiger partial charge in [-0.25, -0.2) is 8.42 Å². The first-order valence-corrected chi connectivity index (χ1v) is 8.79. The summed E-state index contributed by atoms with van der Waals surface area (Å²) in [5.74, 6) is 0.729. The Labute approximate surface area is 135 Å². The Morgan fingerprint density at radius 2 is 1.82 bits per heavy atom. The van der Waals surface area contributed by atoms with Crippen molar-refractivity contribution in [3.05, 3.63) is 59.1 Å². The molecule has 1 aliphatic heterocycles. The summed E-state index contributed by atoms with van der Waals surface area (Å²) in [4.78, 5) is 0.128. The van der Waals surface area contributed by atoms with Gasteiger partial charge in [-0.05, 0) is 25.1 Å². The molecule has 6 heteroatoms. The largest absolute Gasteiger partial charge is 0.489 e. The Morgan fingerprint density at radius 1 is 1.14 bits per heavy atom. The van der Waals surface area contributed by atoms with Crippen LogP contribution in [-0.2, 0) is 16.6 Å². The van der Waals surface area contributed by atoms with E-state index in [4.69, 9.17) is 16.3 Å². The molecular weight excluding hydrogens is 322 g/mol. The highest BCUT2D eigenvalue weighted by atomic mass is 35.5. The highest BCUT2D eigenvalue weighted by Crippen LogP contribution is 2.30. The molecule has 0 N–H and O–H groups in total. The van der Waals surface area contributed by atoms with Crippen molar-refractivity contribution in [1.82, 2.24) is 4.31 Å². The molecule has 2 aromatic carbocycles. The van der Waals surface area contributed by atoms with Gasteiger partial charge in [0.1, 0.15) is 16.7 Å². The summed E-state index contributed by atoms with van der Waals surface area (Å²) in [5, 5.41) is 0.230. The van der Waals surface area contributed by atoms with Crippen LogP contribution in [0.5, 0.6) is 5.75 Å². The fourth-order valence-corrected chi connectivity index (χ4v) is 4.51. The number of fused-ring (bicyclic) bond motifs is 1. The van der Waals surface area contributed by atoms with E-state index in [1.807, 2.05) is 31.2 Å². The van der Waals surface area contributed by atoms with Crippen molar-refractivity contribution in [2.45, 2.75) is 24.5 Å². The number of sulfonamides is 1. The number of rotatable bonds is 2. The molecule has 1 unspecified atom stereocenters. The summed E-state index contributed by atoms with van der Waals surface area (Å²) >= 11 is 6.07. The van der Waals surface area contributed by atoms with Crippen molar-refractivity contribution in [3.8, 4) is 5.75 Å². The van der Waals surface area contributed by atoms with E-state index in [2.05, 4.69) is 0 Å². The van der Waals surface area contributed by atoms with Crippen molar-refractivity contribution in [3.63, 3.8) is 0 Å². The van der Waals surface area contributed by atoms with Crippen LogP contribution in [0.2, 0.25) is 5.02 Å². The monoisotopic (exact) mass is 337 g/mol. The molecular formula is C16H16ClNO3S. The van der Waals surface area contributed by atoms with E-state index in [9.17, 15) is 8.42 Å². The number of ether oxygens (including phenoxy) is 1. The molecule has 1 heterocycles. The van der Waals surface area contributed by atoms with E-state index in [1.165, 1.54) is 10.4 Å². The van der Waals surface area contributed by atoms with E-state index >= 15 is 0 Å². The highest BCUT2D eigenvalue weighted by molar-refractivity contribution is 7.89. The second-order valence-corrected chi connectivity index (χ2v) is 7.58. The third-order valence-corrected chi connectivity index (χ3v) is 5.87. The van der Waals surface area contributed by atoms with Gasteiger partial charge in [0.2, 0.25) is 10.0 Å². The molecule has 0 amide bonds. The molecule has 22 heavy (non-hydrogen) atoms. The average Bonchev–Trinajstić information content (AvgIpc) is 2.65. The minimum Gasteiger partial charge on any atom is -0.489 e. The molecule has 0 saturated carbocycles. The van der Waals surface area contributed by atoms with Gasteiger partial charge < -0.3 is 4.74 Å². The Bertz CT molecular complexity index is 791. The molecule has 4 nitrogen and oxygen atoms in total. The number of benzene rings is 2. The molecule has 116 valence electrons. The zero-order valence-electron chi connectivity index (χ0n) is 12.1. The summed E-state index contributed by atoms with van der Waals surface area (Å²) in [6, 6.07) is 14.0. The number of hydrogen-bond donors (Lipinski definition) is 0. The molecule has 1 atom stereocenters. The lowest BCUT2D eigenvalue weighted by atomic mass is 10.2. The van der Waals surface area contributed by atoms with Crippen LogP contribution in [0.4, 0.5) is 0 Å². The normalized spacial score (nSPS) is 19.1. The van der Waals surface area contributed by atoms with E-state index in [1.54, 1.807) is 18.2 Å². The fraction of sp³-hybridized carbons (Fsp3) is 0.250. The minimum absolute atomic E-state index is 0.128. The predicted octanol–water partition coefficient (Wildman–Crippen LogP) is 3.31. The molecule has 0 fully saturated rings. The Hall–Kier alpha value is -1.56. The smallest absolute Gasteiger partial charge is 0.244 e. The van der Waals surface area contributed by atoms with Crippen LogP contribution in [-0.4, -0.2) is 25.4 Å². The van der Waals surface area contributed by atoms with Crippen molar-refractivity contribution >= 4 is 21.6 Å². The predicted molar refractivity (Wildman–Crippen MR) is 85.6 cm³/mol. The van der Waals surface area contributed by atoms with Crippen LogP contribution in [0.15, 0.2) is 53.4 Å². The maximum Gasteiger partial charge on any atom is 0.244 e. The minimum atomic E-state index is -3.67. The van der Waals surface area contributed by atoms with Crippen LogP contribution in [0.3, 0.4) is 0 Å². The SMILES string of the molecule is CC1CN(S(=O)(=O)c2ccccc2Cl)Cc2ccccc2O1. The van der Waals surface area contributed by atoms with Gasteiger partial charge in [0.25, 0.3) is 0 Å². The first-order chi connectivity index (χ1) is 10.5. The summed E-state index contributed by atoms with van der Waals surface area (Å²) in [7, 11) is -3.67. The maximum absolute atomic E-state index is 12.9. The molecule has 0 bridgehead atoms. The average molecular weight is 338 g/mol. The lowest BCUT2D eigenvalue weighted by Gasteiger charge is -2.22. The third-order valence-electron chi connectivity index (χ3n) is 3.56. The standard InChI is InChI=1S/C16H16ClNO3S/c1-12-10-18(11-13-6-2-4-8-15(13)21-12)22(19,20)16-9-5-3-7-14(16)17/h2-9,12H,10-11H2,1H3. The van der Waals surface area contributed by atoms with Crippen molar-refractivity contribution < 1.29 is 13.2 Å². The molecule has 0 aromatic heterocycles. The quantitative estimate of drug-likeness (QED) is 0.844. The maximum atomic E-state index is 12.9. The number of hydrogen-bond acceptors (Lipinski definition) is 3. The zero-order valence-corrected chi connectivity index (χ0v) is 13.6. The lowest BCUT2D eigenvalue weighted by Crippen LogP contribution is -2.36. The Kier molecular flexibility index (Phi) is 4.12. The first kappa shape index (κ1) is 15.3. The van der Waals surface area contributed by atoms with Crippen molar-refractivity contribution in [2.24, 2.45) is 0 Å². The van der Waals surface area contributed by atoms with Crippen LogP contribution in [0.1, 0.15) is 12.5 Å². The van der Waals surface area contributed by atoms with Gasteiger partial charge in [-0.2, -0.15) is 4.31 Å². The van der Waals surface area contributed by atoms with Crippen LogP contribution in [0, 0.1) is 0 Å². The molecule has 1 aliphatic rings. The van der Waals surface area contributed by atoms with Crippen molar-refractivity contribution in [2.75, 3.05) is 6.54 Å². The van der Waals surface area contributed by atoms with Gasteiger partial charge in [-0.15, -0.1) is 0 Å². The topological polar surface area (TPSA) is 46.6 Å². The van der Waals surface area contributed by atoms with Gasteiger partial charge in [-0.1, -0.05) is 41.9 Å². The van der Waals surface area contributed by atoms with E-state index in [0.717, 1.165) is 11.3 Å². The fourth-order valence-electron chi connectivity index (χ4n) is 2.52. The second kappa shape index (κ2) is 5.91. The van der Waals surface area contributed by atoms with E-state index in [-0.39, 0.29) is 29.1 Å². The molecule has 0 radical (unpaired) electrons. The second-order valence-electron chi connectivity index (χ2n) is 5.26. The number of halogens is 1. The summed E-state index contributed by atoms with van der Waals surface area (Å²) in [6.45, 7) is 2.41. The summed E-state index contributed by atoms with van der Waals surface area (Å²) in [6.07, 6.45) is -0.235. The van der Waals surface area contributed by atoms with Crippen LogP contribution < -0.4 is 4.74 Å². The number of para-hydroxylation sites is 1. The molecule has 0 spiro atoms. The Balaban J connectivity index is 2.03. The first-order valence-electron chi connectivity index (χ1n) is 6.98.